The summed E-state index contributed by atoms with van der Waals surface area (Å²) in [5, 5.41) is 3.30. The first-order valence-electron chi connectivity index (χ1n) is 42.0. The molecule has 21 nitrogen and oxygen atoms in total. The van der Waals surface area contributed by atoms with Gasteiger partial charge in [-0.1, -0.05) is 268 Å². The lowest BCUT2D eigenvalue weighted by molar-refractivity contribution is -0.148. The van der Waals surface area contributed by atoms with Crippen molar-refractivity contribution in [3.63, 3.8) is 0 Å². The molecular formula is C84H149N13O8. The molecule has 8 amide bonds. The summed E-state index contributed by atoms with van der Waals surface area (Å²) in [5.74, 6) is -3.28. The van der Waals surface area contributed by atoms with Crippen LogP contribution in [0, 0.1) is 0 Å². The Hall–Kier alpha value is -6.00. The number of unbranched alkanes of at least 4 members (excludes halogenated alkanes) is 28. The topological polar surface area (TPSA) is 256 Å². The zero-order chi connectivity index (χ0) is 76.2. The quantitative estimate of drug-likeness (QED) is 0.0450. The monoisotopic (exact) mass is 1470 g/mol. The Morgan fingerprint density at radius 2 is 0.581 bits per heavy atom. The summed E-state index contributed by atoms with van der Waals surface area (Å²) in [6, 6.07) is 19.5. The molecule has 1 heterocycles. The van der Waals surface area contributed by atoms with Crippen molar-refractivity contribution in [2.75, 3.05) is 157 Å². The molecule has 1 saturated heterocycles. The summed E-state index contributed by atoms with van der Waals surface area (Å²) in [6.45, 7) is 15.8. The van der Waals surface area contributed by atoms with E-state index in [-0.39, 0.29) is 109 Å². The Morgan fingerprint density at radius 1 is 0.314 bits per heavy atom. The molecule has 0 aliphatic carbocycles. The van der Waals surface area contributed by atoms with E-state index in [9.17, 15) is 19.2 Å². The molecule has 0 spiro atoms. The molecule has 7 N–H and O–H groups in total. The number of rotatable bonds is 67. The van der Waals surface area contributed by atoms with Crippen molar-refractivity contribution in [3.05, 3.63) is 71.8 Å². The van der Waals surface area contributed by atoms with Gasteiger partial charge in [0.25, 0.3) is 0 Å². The van der Waals surface area contributed by atoms with Crippen molar-refractivity contribution in [1.29, 1.82) is 0 Å². The summed E-state index contributed by atoms with van der Waals surface area (Å²) < 4.78 is 0. The molecule has 1 fully saturated rings. The number of nitrogens with two attached hydrogens (primary N) is 3. The maximum absolute atomic E-state index is 15.4. The molecule has 105 heavy (non-hydrogen) atoms. The zero-order valence-electron chi connectivity index (χ0n) is 66.7. The van der Waals surface area contributed by atoms with Crippen LogP contribution in [0.25, 0.3) is 0 Å². The van der Waals surface area contributed by atoms with E-state index in [0.717, 1.165) is 185 Å². The van der Waals surface area contributed by atoms with Gasteiger partial charge in [0.15, 0.2) is 0 Å². The van der Waals surface area contributed by atoms with Crippen LogP contribution in [0.5, 0.6) is 0 Å². The van der Waals surface area contributed by atoms with Gasteiger partial charge in [0, 0.05) is 78.5 Å². The lowest BCUT2D eigenvalue weighted by Crippen LogP contribution is -2.53. The third-order valence-corrected chi connectivity index (χ3v) is 20.6. The average molecular weight is 1470 g/mol. The first kappa shape index (κ1) is 93.2. The number of amides is 8. The van der Waals surface area contributed by atoms with Crippen molar-refractivity contribution in [2.24, 2.45) is 17.2 Å². The highest BCUT2D eigenvalue weighted by Gasteiger charge is 2.31. The Morgan fingerprint density at radius 3 is 0.867 bits per heavy atom. The molecule has 1 aliphatic rings. The fraction of sp³-hybridized carbons (Fsp3) is 0.762. The predicted octanol–water partition coefficient (Wildman–Crippen LogP) is 11.2. The zero-order valence-corrected chi connectivity index (χ0v) is 66.7. The lowest BCUT2D eigenvalue weighted by atomic mass is 10.1. The second-order valence-corrected chi connectivity index (χ2v) is 29.7. The van der Waals surface area contributed by atoms with Gasteiger partial charge in [-0.2, -0.15) is 0 Å². The summed E-state index contributed by atoms with van der Waals surface area (Å²) in [5.41, 5.74) is 19.5. The molecule has 0 aromatic heterocycles. The van der Waals surface area contributed by atoms with Crippen LogP contribution in [0.4, 0.5) is 0 Å². The number of hydrogen-bond acceptors (Lipinski definition) is 13. The van der Waals surface area contributed by atoms with Crippen LogP contribution >= 0.6 is 0 Å². The van der Waals surface area contributed by atoms with Crippen molar-refractivity contribution in [1.82, 2.24) is 49.4 Å². The number of nitrogens with one attached hydrogen (secondary N) is 1. The van der Waals surface area contributed by atoms with Crippen molar-refractivity contribution in [3.8, 4) is 0 Å². The standard InChI is InChI=1S/C84H149N13O8/c1-5-9-13-17-21-25-29-39-56-91(68-77(87)98)79(100)69-92(57-40-30-26-22-18-14-10-6-2)80(101)70-93(58-41-31-27-23-19-15-11-7-3)81(102)71-94(59-42-32-28-24-20-16-12-8-4)82(103)72-95(60-49-75-45-35-33-36-46-75)83(104)73-96(61-50-76-47-37-34-38-48-76)84(105)74-97(62-52-86)78(99)67-88-53-44-55-90-65-63-89(64-66-90)54-43-51-85/h33-38,45-48,88H,5-32,39-44,49-74,85-86H2,1-4H3,(H2,87,98). The highest BCUT2D eigenvalue weighted by atomic mass is 16.2. The van der Waals surface area contributed by atoms with Gasteiger partial charge < -0.3 is 66.6 Å². The third-order valence-electron chi connectivity index (χ3n) is 20.6. The summed E-state index contributed by atoms with van der Waals surface area (Å²) in [7, 11) is 0. The Bertz CT molecular complexity index is 2580. The smallest absolute Gasteiger partial charge is 0.242 e. The van der Waals surface area contributed by atoms with E-state index >= 15 is 19.2 Å². The number of nitrogens with zero attached hydrogens (tertiary/aromatic N) is 9. The van der Waals surface area contributed by atoms with Crippen LogP contribution in [-0.4, -0.2) is 248 Å². The summed E-state index contributed by atoms with van der Waals surface area (Å²) in [6.07, 6.45) is 35.9. The minimum absolute atomic E-state index is 0.0283. The third kappa shape index (κ3) is 45.4. The maximum Gasteiger partial charge on any atom is 0.242 e. The Labute approximate surface area is 636 Å². The van der Waals surface area contributed by atoms with Gasteiger partial charge in [0.1, 0.15) is 0 Å². The SMILES string of the molecule is CCCCCCCCCCN(CC(N)=O)C(=O)CN(CCCCCCCCCC)C(=O)CN(CCCCCCCCCC)C(=O)CN(CCCCCCCCCC)C(=O)CN(CCc1ccccc1)C(=O)CN(CCc1ccccc1)C(=O)CN(CCN)C(=O)CNCCCN1CCN(CCCN)CC1. The largest absolute Gasteiger partial charge is 0.368 e. The maximum atomic E-state index is 15.4. The molecule has 2 aromatic carbocycles. The minimum Gasteiger partial charge on any atom is -0.368 e. The van der Waals surface area contributed by atoms with Crippen molar-refractivity contribution in [2.45, 2.75) is 259 Å². The molecule has 2 aromatic rings. The number of primary amides is 1. The molecule has 0 unspecified atom stereocenters. The number of benzene rings is 2. The molecule has 0 bridgehead atoms. The molecular weight excluding hydrogens is 1320 g/mol. The number of hydrogen-bond donors (Lipinski definition) is 4. The number of carbonyl (C=O) groups excluding carboxylic acids is 8. The summed E-state index contributed by atoms with van der Waals surface area (Å²) in [4.78, 5) is 132. The number of piperazine rings is 1. The fourth-order valence-electron chi connectivity index (χ4n) is 13.8. The lowest BCUT2D eigenvalue weighted by Gasteiger charge is -2.34. The van der Waals surface area contributed by atoms with E-state index in [0.29, 0.717) is 64.7 Å². The second kappa shape index (κ2) is 62.0. The second-order valence-electron chi connectivity index (χ2n) is 29.7. The van der Waals surface area contributed by atoms with Crippen LogP contribution in [0.15, 0.2) is 60.7 Å². The molecule has 0 atom stereocenters. The Kier molecular flexibility index (Phi) is 55.0. The highest BCUT2D eigenvalue weighted by molar-refractivity contribution is 5.93. The van der Waals surface area contributed by atoms with Gasteiger partial charge in [-0.15, -0.1) is 0 Å². The Balaban J connectivity index is 2.00. The van der Waals surface area contributed by atoms with Gasteiger partial charge in [0.05, 0.1) is 52.4 Å². The van der Waals surface area contributed by atoms with E-state index in [1.807, 2.05) is 60.7 Å². The average Bonchev–Trinajstić information content (AvgIpc) is 0.865. The van der Waals surface area contributed by atoms with Crippen LogP contribution in [0.3, 0.4) is 0 Å². The van der Waals surface area contributed by atoms with Crippen molar-refractivity contribution < 1.29 is 38.4 Å². The molecule has 3 rings (SSSR count). The highest BCUT2D eigenvalue weighted by Crippen LogP contribution is 2.17. The first-order valence-corrected chi connectivity index (χ1v) is 42.0. The predicted molar refractivity (Wildman–Crippen MR) is 429 cm³/mol. The van der Waals surface area contributed by atoms with Crippen molar-refractivity contribution >= 4 is 47.3 Å². The molecule has 21 heteroatoms. The minimum atomic E-state index is -0.614. The molecule has 598 valence electrons. The van der Waals surface area contributed by atoms with Crippen LogP contribution in [0.1, 0.15) is 257 Å². The molecule has 0 radical (unpaired) electrons. The van der Waals surface area contributed by atoms with Gasteiger partial charge in [0.2, 0.25) is 47.3 Å². The van der Waals surface area contributed by atoms with E-state index in [1.165, 1.54) is 77.4 Å². The number of carbonyl (C=O) groups is 8. The van der Waals surface area contributed by atoms with Gasteiger partial charge in [-0.3, -0.25) is 38.4 Å². The molecule has 1 aliphatic heterocycles. The van der Waals surface area contributed by atoms with Crippen LogP contribution in [-0.2, 0) is 51.2 Å². The summed E-state index contributed by atoms with van der Waals surface area (Å²) >= 11 is 0. The van der Waals surface area contributed by atoms with Crippen LogP contribution < -0.4 is 22.5 Å². The normalized spacial score (nSPS) is 12.5. The molecule has 0 saturated carbocycles. The van der Waals surface area contributed by atoms with E-state index in [1.54, 1.807) is 14.7 Å². The van der Waals surface area contributed by atoms with Crippen LogP contribution in [0.2, 0.25) is 0 Å². The van der Waals surface area contributed by atoms with Gasteiger partial charge >= 0.3 is 0 Å². The van der Waals surface area contributed by atoms with Gasteiger partial charge in [-0.05, 0) is 88.7 Å². The fourth-order valence-corrected chi connectivity index (χ4v) is 13.8. The van der Waals surface area contributed by atoms with E-state index in [2.05, 4.69) is 42.8 Å². The van der Waals surface area contributed by atoms with Gasteiger partial charge in [-0.25, -0.2) is 0 Å². The first-order chi connectivity index (χ1) is 51.2. The van der Waals surface area contributed by atoms with E-state index in [4.69, 9.17) is 17.2 Å². The van der Waals surface area contributed by atoms with E-state index < -0.39 is 29.5 Å².